The van der Waals surface area contributed by atoms with Gasteiger partial charge in [0.1, 0.15) is 17.1 Å². The number of halogens is 1. The van der Waals surface area contributed by atoms with Gasteiger partial charge in [-0.25, -0.2) is 0 Å². The van der Waals surface area contributed by atoms with Crippen LogP contribution < -0.4 is 14.8 Å². The predicted molar refractivity (Wildman–Crippen MR) is 143 cm³/mol. The summed E-state index contributed by atoms with van der Waals surface area (Å²) in [5.74, 6) is 0.933. The molecule has 1 amide bonds. The standard InChI is InChI=1S/C29H28ClNO4/c1-6-34-28-19(4)29-23(24(16-35-29)20-9-7-17(2)8-10-20)15-22(28)18(3)13-27(32)31-25-14-21(30)11-12-26(25)33-5/h7-16H,6H2,1-5H3,(H,31,32)/b18-13+. The van der Waals surface area contributed by atoms with Gasteiger partial charge in [-0.3, -0.25) is 4.79 Å². The van der Waals surface area contributed by atoms with Crippen LogP contribution in [0.25, 0.3) is 27.7 Å². The van der Waals surface area contributed by atoms with E-state index in [1.165, 1.54) is 5.56 Å². The molecule has 4 rings (SSSR count). The molecule has 0 unspecified atom stereocenters. The zero-order valence-corrected chi connectivity index (χ0v) is 21.2. The number of hydrogen-bond donors (Lipinski definition) is 1. The lowest BCUT2D eigenvalue weighted by molar-refractivity contribution is -0.111. The van der Waals surface area contributed by atoms with Gasteiger partial charge in [0, 0.05) is 33.2 Å². The quantitative estimate of drug-likeness (QED) is 0.269. The molecule has 0 radical (unpaired) electrons. The number of carbonyl (C=O) groups is 1. The minimum Gasteiger partial charge on any atom is -0.495 e. The number of methoxy groups -OCH3 is 1. The van der Waals surface area contributed by atoms with Gasteiger partial charge in [-0.15, -0.1) is 0 Å². The van der Waals surface area contributed by atoms with Crippen molar-refractivity contribution in [3.8, 4) is 22.6 Å². The summed E-state index contributed by atoms with van der Waals surface area (Å²) in [4.78, 5) is 12.9. The van der Waals surface area contributed by atoms with Crippen molar-refractivity contribution in [3.63, 3.8) is 0 Å². The van der Waals surface area contributed by atoms with Crippen molar-refractivity contribution in [1.29, 1.82) is 0 Å². The zero-order valence-electron chi connectivity index (χ0n) is 20.5. The second-order valence-corrected chi connectivity index (χ2v) is 8.80. The normalized spacial score (nSPS) is 11.5. The van der Waals surface area contributed by atoms with Crippen LogP contribution in [0, 0.1) is 13.8 Å². The summed E-state index contributed by atoms with van der Waals surface area (Å²) in [7, 11) is 1.54. The van der Waals surface area contributed by atoms with E-state index in [4.69, 9.17) is 25.5 Å². The van der Waals surface area contributed by atoms with Gasteiger partial charge < -0.3 is 19.2 Å². The highest BCUT2D eigenvalue weighted by atomic mass is 35.5. The van der Waals surface area contributed by atoms with E-state index >= 15 is 0 Å². The first-order valence-electron chi connectivity index (χ1n) is 11.4. The van der Waals surface area contributed by atoms with Crippen molar-refractivity contribution in [1.82, 2.24) is 0 Å². The van der Waals surface area contributed by atoms with Crippen molar-refractivity contribution in [2.45, 2.75) is 27.7 Å². The van der Waals surface area contributed by atoms with Crippen LogP contribution in [0.2, 0.25) is 5.02 Å². The summed E-state index contributed by atoms with van der Waals surface area (Å²) < 4.78 is 17.3. The van der Waals surface area contributed by atoms with Crippen LogP contribution in [-0.2, 0) is 4.79 Å². The van der Waals surface area contributed by atoms with Gasteiger partial charge in [-0.2, -0.15) is 0 Å². The third-order valence-corrected chi connectivity index (χ3v) is 6.12. The Morgan fingerprint density at radius 3 is 2.54 bits per heavy atom. The molecule has 0 aliphatic rings. The van der Waals surface area contributed by atoms with Gasteiger partial charge in [-0.1, -0.05) is 41.4 Å². The molecule has 1 N–H and O–H groups in total. The van der Waals surface area contributed by atoms with Crippen LogP contribution in [-0.4, -0.2) is 19.6 Å². The van der Waals surface area contributed by atoms with E-state index in [9.17, 15) is 4.79 Å². The number of allylic oxidation sites excluding steroid dienone is 1. The average molecular weight is 490 g/mol. The van der Waals surface area contributed by atoms with Gasteiger partial charge in [-0.05, 0) is 63.1 Å². The van der Waals surface area contributed by atoms with Crippen molar-refractivity contribution in [2.75, 3.05) is 19.0 Å². The lowest BCUT2D eigenvalue weighted by Gasteiger charge is -2.15. The van der Waals surface area contributed by atoms with Gasteiger partial charge in [0.05, 0.1) is 25.7 Å². The van der Waals surface area contributed by atoms with Crippen LogP contribution in [0.5, 0.6) is 11.5 Å². The van der Waals surface area contributed by atoms with E-state index in [0.29, 0.717) is 28.8 Å². The monoisotopic (exact) mass is 489 g/mol. The van der Waals surface area contributed by atoms with Gasteiger partial charge in [0.15, 0.2) is 0 Å². The lowest BCUT2D eigenvalue weighted by Crippen LogP contribution is -2.10. The Bertz CT molecular complexity index is 1420. The smallest absolute Gasteiger partial charge is 0.248 e. The third-order valence-electron chi connectivity index (χ3n) is 5.89. The molecule has 35 heavy (non-hydrogen) atoms. The summed E-state index contributed by atoms with van der Waals surface area (Å²) in [5.41, 5.74) is 7.01. The highest BCUT2D eigenvalue weighted by molar-refractivity contribution is 6.31. The van der Waals surface area contributed by atoms with Gasteiger partial charge >= 0.3 is 0 Å². The van der Waals surface area contributed by atoms with Gasteiger partial charge in [0.2, 0.25) is 5.91 Å². The Balaban J connectivity index is 1.77. The molecule has 0 bridgehead atoms. The highest BCUT2D eigenvalue weighted by Crippen LogP contribution is 2.41. The Kier molecular flexibility index (Phi) is 7.17. The minimum atomic E-state index is -0.297. The number of hydrogen-bond acceptors (Lipinski definition) is 4. The van der Waals surface area contributed by atoms with E-state index in [1.54, 1.807) is 37.6 Å². The van der Waals surface area contributed by atoms with Crippen molar-refractivity contribution < 1.29 is 18.7 Å². The maximum Gasteiger partial charge on any atom is 0.248 e. The second-order valence-electron chi connectivity index (χ2n) is 8.36. The molecule has 0 aliphatic heterocycles. The summed E-state index contributed by atoms with van der Waals surface area (Å²) in [5, 5.41) is 4.33. The topological polar surface area (TPSA) is 60.7 Å². The molecule has 0 fully saturated rings. The molecule has 0 aliphatic carbocycles. The predicted octanol–water partition coefficient (Wildman–Crippen LogP) is 7.82. The first kappa shape index (κ1) is 24.4. The number of anilines is 1. The SMILES string of the molecule is CCOc1c(/C(C)=C/C(=O)Nc2cc(Cl)ccc2OC)cc2c(-c3ccc(C)cc3)coc2c1C. The molecule has 0 spiro atoms. The number of furan rings is 1. The average Bonchev–Trinajstić information content (AvgIpc) is 3.25. The molecule has 0 saturated carbocycles. The second kappa shape index (κ2) is 10.3. The fourth-order valence-electron chi connectivity index (χ4n) is 4.12. The lowest BCUT2D eigenvalue weighted by atomic mass is 9.96. The van der Waals surface area contributed by atoms with Crippen molar-refractivity contribution in [2.24, 2.45) is 0 Å². The van der Waals surface area contributed by atoms with E-state index < -0.39 is 0 Å². The maximum atomic E-state index is 12.9. The summed E-state index contributed by atoms with van der Waals surface area (Å²) in [6.07, 6.45) is 3.33. The number of benzene rings is 3. The third kappa shape index (κ3) is 5.05. The van der Waals surface area contributed by atoms with Crippen LogP contribution in [0.3, 0.4) is 0 Å². The molecule has 0 atom stereocenters. The van der Waals surface area contributed by atoms with Crippen LogP contribution >= 0.6 is 11.6 Å². The Morgan fingerprint density at radius 1 is 1.11 bits per heavy atom. The molecule has 5 nitrogen and oxygen atoms in total. The fraction of sp³-hybridized carbons (Fsp3) is 0.207. The Morgan fingerprint density at radius 2 is 1.86 bits per heavy atom. The summed E-state index contributed by atoms with van der Waals surface area (Å²) >= 11 is 6.10. The summed E-state index contributed by atoms with van der Waals surface area (Å²) in [6, 6.07) is 15.4. The molecule has 3 aromatic carbocycles. The van der Waals surface area contributed by atoms with Gasteiger partial charge in [0.25, 0.3) is 0 Å². The number of aryl methyl sites for hydroxylation is 2. The highest BCUT2D eigenvalue weighted by Gasteiger charge is 2.19. The Hall–Kier alpha value is -3.70. The van der Waals surface area contributed by atoms with E-state index in [0.717, 1.165) is 38.8 Å². The van der Waals surface area contributed by atoms with E-state index in [1.807, 2.05) is 26.8 Å². The number of ether oxygens (including phenoxy) is 2. The zero-order chi connectivity index (χ0) is 25.1. The van der Waals surface area contributed by atoms with E-state index in [-0.39, 0.29) is 5.91 Å². The maximum absolute atomic E-state index is 12.9. The fourth-order valence-corrected chi connectivity index (χ4v) is 4.29. The van der Waals surface area contributed by atoms with Crippen LogP contribution in [0.1, 0.15) is 30.5 Å². The largest absolute Gasteiger partial charge is 0.495 e. The molecule has 1 aromatic heterocycles. The number of amides is 1. The molecule has 6 heteroatoms. The first-order valence-corrected chi connectivity index (χ1v) is 11.8. The van der Waals surface area contributed by atoms with Crippen LogP contribution in [0.15, 0.2) is 65.3 Å². The van der Waals surface area contributed by atoms with Crippen LogP contribution in [0.4, 0.5) is 5.69 Å². The first-order chi connectivity index (χ1) is 16.8. The van der Waals surface area contributed by atoms with Crippen molar-refractivity contribution >= 4 is 39.7 Å². The number of carbonyl (C=O) groups excluding carboxylic acids is 1. The summed E-state index contributed by atoms with van der Waals surface area (Å²) in [6.45, 7) is 8.35. The number of nitrogens with one attached hydrogen (secondary N) is 1. The number of rotatable bonds is 7. The molecule has 4 aromatic rings. The van der Waals surface area contributed by atoms with Crippen molar-refractivity contribution in [3.05, 3.63) is 82.6 Å². The molecule has 0 saturated heterocycles. The Labute approximate surface area is 210 Å². The molecular weight excluding hydrogens is 462 g/mol. The minimum absolute atomic E-state index is 0.297. The van der Waals surface area contributed by atoms with E-state index in [2.05, 4.69) is 36.5 Å². The molecular formula is C29H28ClNO4. The molecule has 1 heterocycles. The number of fused-ring (bicyclic) bond motifs is 1. The molecule has 180 valence electrons.